The van der Waals surface area contributed by atoms with Crippen molar-refractivity contribution in [2.24, 2.45) is 0 Å². The SMILES string of the molecule is CO[C@H]1O[C@@H]2/C=C\CCO[Si](C)(C)O[C@H]2[C@H](OCc2ccccc2)[C@H]1OCc1ccccc1. The predicted molar refractivity (Wildman–Crippen MR) is 128 cm³/mol. The second-order valence-corrected chi connectivity index (χ2v) is 12.1. The number of ether oxygens (including phenoxy) is 4. The van der Waals surface area contributed by atoms with E-state index in [9.17, 15) is 0 Å². The first-order valence-electron chi connectivity index (χ1n) is 11.5. The summed E-state index contributed by atoms with van der Waals surface area (Å²) in [5, 5.41) is 0. The van der Waals surface area contributed by atoms with Crippen molar-refractivity contribution in [3.63, 3.8) is 0 Å². The summed E-state index contributed by atoms with van der Waals surface area (Å²) >= 11 is 0. The number of hydrogen-bond acceptors (Lipinski definition) is 6. The summed E-state index contributed by atoms with van der Waals surface area (Å²) in [6.45, 7) is 5.61. The van der Waals surface area contributed by atoms with Crippen molar-refractivity contribution in [3.8, 4) is 0 Å². The number of rotatable bonds is 7. The fraction of sp³-hybridized carbons (Fsp3) is 0.462. The first kappa shape index (κ1) is 24.3. The lowest BCUT2D eigenvalue weighted by Crippen LogP contribution is -2.62. The summed E-state index contributed by atoms with van der Waals surface area (Å²) in [6, 6.07) is 20.2. The summed E-state index contributed by atoms with van der Waals surface area (Å²) in [5.41, 5.74) is 2.16. The molecule has 2 aliphatic heterocycles. The molecule has 2 aliphatic rings. The summed E-state index contributed by atoms with van der Waals surface area (Å²) in [6.07, 6.45) is 2.78. The molecule has 33 heavy (non-hydrogen) atoms. The Kier molecular flexibility index (Phi) is 8.48. The Morgan fingerprint density at radius 2 is 1.48 bits per heavy atom. The molecule has 2 heterocycles. The molecule has 2 aromatic carbocycles. The third-order valence-electron chi connectivity index (χ3n) is 5.81. The van der Waals surface area contributed by atoms with Crippen LogP contribution >= 0.6 is 0 Å². The van der Waals surface area contributed by atoms with Gasteiger partial charge in [0.1, 0.15) is 24.4 Å². The molecule has 0 saturated carbocycles. The van der Waals surface area contributed by atoms with Crippen molar-refractivity contribution in [2.45, 2.75) is 63.4 Å². The number of methoxy groups -OCH3 is 1. The van der Waals surface area contributed by atoms with Crippen molar-refractivity contribution >= 4 is 8.56 Å². The highest BCUT2D eigenvalue weighted by Gasteiger charge is 2.50. The number of fused-ring (bicyclic) bond motifs is 1. The van der Waals surface area contributed by atoms with Gasteiger partial charge in [0.15, 0.2) is 6.29 Å². The average Bonchev–Trinajstić information content (AvgIpc) is 2.90. The Labute approximate surface area is 197 Å². The Morgan fingerprint density at radius 3 is 2.09 bits per heavy atom. The van der Waals surface area contributed by atoms with Gasteiger partial charge in [0.05, 0.1) is 13.2 Å². The molecule has 1 fully saturated rings. The molecule has 0 amide bonds. The zero-order valence-electron chi connectivity index (χ0n) is 19.6. The van der Waals surface area contributed by atoms with Crippen LogP contribution in [0.4, 0.5) is 0 Å². The summed E-state index contributed by atoms with van der Waals surface area (Å²) < 4.78 is 37.7. The van der Waals surface area contributed by atoms with Crippen LogP contribution in [0.2, 0.25) is 13.1 Å². The fourth-order valence-electron chi connectivity index (χ4n) is 4.18. The lowest BCUT2D eigenvalue weighted by molar-refractivity contribution is -0.300. The number of benzene rings is 2. The van der Waals surface area contributed by atoms with Gasteiger partial charge in [-0.25, -0.2) is 0 Å². The monoisotopic (exact) mass is 470 g/mol. The molecule has 0 bridgehead atoms. The van der Waals surface area contributed by atoms with Gasteiger partial charge in [0.25, 0.3) is 0 Å². The molecule has 0 radical (unpaired) electrons. The van der Waals surface area contributed by atoms with E-state index in [1.165, 1.54) is 0 Å². The second kappa shape index (κ2) is 11.5. The van der Waals surface area contributed by atoms with Crippen LogP contribution in [0.1, 0.15) is 17.5 Å². The molecule has 4 rings (SSSR count). The average molecular weight is 471 g/mol. The van der Waals surface area contributed by atoms with E-state index in [1.54, 1.807) is 7.11 Å². The van der Waals surface area contributed by atoms with Gasteiger partial charge in [-0.1, -0.05) is 72.8 Å². The van der Waals surface area contributed by atoms with Gasteiger partial charge < -0.3 is 27.8 Å². The molecule has 0 aromatic heterocycles. The Bertz CT molecular complexity index is 875. The van der Waals surface area contributed by atoms with Gasteiger partial charge in [-0.05, 0) is 30.6 Å². The molecule has 1 saturated heterocycles. The summed E-state index contributed by atoms with van der Waals surface area (Å²) in [7, 11) is -0.770. The Balaban J connectivity index is 1.61. The van der Waals surface area contributed by atoms with E-state index in [0.29, 0.717) is 19.8 Å². The maximum atomic E-state index is 6.62. The molecule has 0 N–H and O–H groups in total. The van der Waals surface area contributed by atoms with Crippen molar-refractivity contribution < 1.29 is 27.8 Å². The molecule has 0 spiro atoms. The number of hydrogen-bond donors (Lipinski definition) is 0. The smallest absolute Gasteiger partial charge is 0.332 e. The molecule has 5 atom stereocenters. The van der Waals surface area contributed by atoms with E-state index in [1.807, 2.05) is 54.6 Å². The molecule has 7 heteroatoms. The minimum absolute atomic E-state index is 0.319. The molecule has 6 nitrogen and oxygen atoms in total. The highest BCUT2D eigenvalue weighted by Crippen LogP contribution is 2.33. The Hall–Kier alpha value is -1.84. The normalized spacial score (nSPS) is 30.5. The van der Waals surface area contributed by atoms with Crippen molar-refractivity contribution in [1.29, 1.82) is 0 Å². The molecule has 178 valence electrons. The third-order valence-corrected chi connectivity index (χ3v) is 7.55. The van der Waals surface area contributed by atoms with E-state index in [0.717, 1.165) is 17.5 Å². The van der Waals surface area contributed by atoms with Crippen LogP contribution in [0.5, 0.6) is 0 Å². The van der Waals surface area contributed by atoms with E-state index in [2.05, 4.69) is 31.3 Å². The van der Waals surface area contributed by atoms with Crippen LogP contribution in [-0.2, 0) is 41.0 Å². The maximum Gasteiger partial charge on any atom is 0.332 e. The van der Waals surface area contributed by atoms with Gasteiger partial charge >= 0.3 is 8.56 Å². The van der Waals surface area contributed by atoms with Crippen LogP contribution in [0.25, 0.3) is 0 Å². The van der Waals surface area contributed by atoms with Gasteiger partial charge in [-0.3, -0.25) is 0 Å². The summed E-state index contributed by atoms with van der Waals surface area (Å²) in [4.78, 5) is 0. The van der Waals surface area contributed by atoms with Crippen LogP contribution in [0, 0.1) is 0 Å². The van der Waals surface area contributed by atoms with E-state index in [-0.39, 0.29) is 12.2 Å². The van der Waals surface area contributed by atoms with Crippen molar-refractivity contribution in [2.75, 3.05) is 13.7 Å². The second-order valence-electron chi connectivity index (χ2n) is 8.77. The van der Waals surface area contributed by atoms with E-state index >= 15 is 0 Å². The molecule has 0 unspecified atom stereocenters. The molecular formula is C26H34O6Si. The van der Waals surface area contributed by atoms with Gasteiger partial charge in [-0.2, -0.15) is 0 Å². The largest absolute Gasteiger partial charge is 0.394 e. The van der Waals surface area contributed by atoms with Crippen molar-refractivity contribution in [3.05, 3.63) is 83.9 Å². The minimum Gasteiger partial charge on any atom is -0.394 e. The quantitative estimate of drug-likeness (QED) is 0.436. The minimum atomic E-state index is -2.41. The van der Waals surface area contributed by atoms with Gasteiger partial charge in [-0.15, -0.1) is 0 Å². The Morgan fingerprint density at radius 1 is 0.879 bits per heavy atom. The lowest BCUT2D eigenvalue weighted by atomic mass is 9.97. The predicted octanol–water partition coefficient (Wildman–Crippen LogP) is 4.59. The van der Waals surface area contributed by atoms with Crippen LogP contribution in [0.15, 0.2) is 72.8 Å². The molecule has 2 aromatic rings. The fourth-order valence-corrected chi connectivity index (χ4v) is 5.78. The van der Waals surface area contributed by atoms with Gasteiger partial charge in [0.2, 0.25) is 0 Å². The standard InChI is InChI=1S/C26H34O6Si/c1-27-26-25(29-19-21-14-8-5-9-15-21)24(28-18-20-12-6-4-7-13-20)23-22(31-26)16-10-11-17-30-33(2,3)32-23/h4-10,12-16,22-26H,11,17-19H2,1-3H3/b16-10-/t22-,23-,24+,25-,26+/m1/s1. The maximum absolute atomic E-state index is 6.62. The molecule has 0 aliphatic carbocycles. The molecular weight excluding hydrogens is 436 g/mol. The highest BCUT2D eigenvalue weighted by atomic mass is 28.4. The topological polar surface area (TPSA) is 55.4 Å². The summed E-state index contributed by atoms with van der Waals surface area (Å²) in [5.74, 6) is 0. The van der Waals surface area contributed by atoms with Crippen LogP contribution in [0.3, 0.4) is 0 Å². The van der Waals surface area contributed by atoms with E-state index in [4.69, 9.17) is 27.8 Å². The first-order valence-corrected chi connectivity index (χ1v) is 14.3. The van der Waals surface area contributed by atoms with E-state index < -0.39 is 27.1 Å². The highest BCUT2D eigenvalue weighted by molar-refractivity contribution is 6.64. The zero-order chi connectivity index (χ0) is 23.1. The van der Waals surface area contributed by atoms with Crippen LogP contribution in [-0.4, -0.2) is 53.0 Å². The van der Waals surface area contributed by atoms with Crippen molar-refractivity contribution in [1.82, 2.24) is 0 Å². The van der Waals surface area contributed by atoms with Crippen LogP contribution < -0.4 is 0 Å². The zero-order valence-corrected chi connectivity index (χ0v) is 20.6. The lowest BCUT2D eigenvalue weighted by Gasteiger charge is -2.46. The van der Waals surface area contributed by atoms with Gasteiger partial charge in [0, 0.05) is 13.7 Å². The third kappa shape index (κ3) is 6.61. The first-order chi connectivity index (χ1) is 16.1.